The van der Waals surface area contributed by atoms with E-state index in [1.165, 1.54) is 4.68 Å². The van der Waals surface area contributed by atoms with Gasteiger partial charge in [0.05, 0.1) is 5.69 Å². The van der Waals surface area contributed by atoms with E-state index in [0.29, 0.717) is 0 Å². The summed E-state index contributed by atoms with van der Waals surface area (Å²) in [5, 5.41) is 11.8. The van der Waals surface area contributed by atoms with E-state index in [0.717, 1.165) is 40.4 Å². The Hall–Kier alpha value is -2.21. The van der Waals surface area contributed by atoms with E-state index in [1.807, 2.05) is 32.0 Å². The van der Waals surface area contributed by atoms with Gasteiger partial charge in [-0.3, -0.25) is 5.41 Å². The lowest BCUT2D eigenvalue weighted by Crippen LogP contribution is -2.23. The minimum Gasteiger partial charge on any atom is -0.454 e. The number of fused-ring (bicyclic) bond motifs is 1. The van der Waals surface area contributed by atoms with Gasteiger partial charge in [-0.15, -0.1) is 12.4 Å². The second-order valence-electron chi connectivity index (χ2n) is 4.81. The molecule has 0 fully saturated rings. The third-order valence-corrected chi connectivity index (χ3v) is 3.49. The topological polar surface area (TPSA) is 86.2 Å². The molecule has 7 heteroatoms. The smallest absolute Gasteiger partial charge is 0.231 e. The SMILES string of the molecule is Cc1nn(C(=N)N)c(C)c1Cc1ccc2c(c1)OCO2.Cl. The van der Waals surface area contributed by atoms with Gasteiger partial charge in [0.1, 0.15) is 0 Å². The molecule has 1 aromatic carbocycles. The van der Waals surface area contributed by atoms with E-state index in [4.69, 9.17) is 20.6 Å². The maximum Gasteiger partial charge on any atom is 0.231 e. The summed E-state index contributed by atoms with van der Waals surface area (Å²) < 4.78 is 12.1. The Labute approximate surface area is 128 Å². The van der Waals surface area contributed by atoms with Gasteiger partial charge < -0.3 is 15.2 Å². The van der Waals surface area contributed by atoms with Crippen molar-refractivity contribution in [2.24, 2.45) is 5.73 Å². The van der Waals surface area contributed by atoms with Gasteiger partial charge in [-0.1, -0.05) is 6.07 Å². The summed E-state index contributed by atoms with van der Waals surface area (Å²) in [5.41, 5.74) is 9.49. The number of nitrogens with one attached hydrogen (secondary N) is 1. The third-order valence-electron chi connectivity index (χ3n) is 3.49. The molecule has 2 aromatic rings. The molecule has 0 atom stereocenters. The van der Waals surface area contributed by atoms with Crippen LogP contribution in [0.25, 0.3) is 0 Å². The number of hydrogen-bond donors (Lipinski definition) is 2. The molecule has 0 saturated heterocycles. The quantitative estimate of drug-likeness (QED) is 0.656. The summed E-state index contributed by atoms with van der Waals surface area (Å²) in [6.45, 7) is 4.12. The van der Waals surface area contributed by atoms with E-state index in [2.05, 4.69) is 5.10 Å². The number of ether oxygens (including phenoxy) is 2. The fourth-order valence-corrected chi connectivity index (χ4v) is 2.42. The highest BCUT2D eigenvalue weighted by molar-refractivity contribution is 5.85. The molecule has 0 bridgehead atoms. The lowest BCUT2D eigenvalue weighted by Gasteiger charge is -2.05. The highest BCUT2D eigenvalue weighted by Crippen LogP contribution is 2.33. The molecule has 1 aliphatic rings. The third kappa shape index (κ3) is 2.67. The Kier molecular flexibility index (Phi) is 4.09. The van der Waals surface area contributed by atoms with Crippen LogP contribution in [0.1, 0.15) is 22.5 Å². The van der Waals surface area contributed by atoms with Crippen molar-refractivity contribution in [2.75, 3.05) is 6.79 Å². The zero-order chi connectivity index (χ0) is 14.3. The maximum absolute atomic E-state index is 7.51. The van der Waals surface area contributed by atoms with Crippen LogP contribution < -0.4 is 15.2 Å². The fourth-order valence-electron chi connectivity index (χ4n) is 2.42. The molecular formula is C14H17ClN4O2. The molecule has 0 spiro atoms. The van der Waals surface area contributed by atoms with Crippen molar-refractivity contribution >= 4 is 18.4 Å². The summed E-state index contributed by atoms with van der Waals surface area (Å²) in [6, 6.07) is 5.90. The second kappa shape index (κ2) is 5.65. The molecule has 2 heterocycles. The van der Waals surface area contributed by atoms with Gasteiger partial charge in [-0.05, 0) is 31.5 Å². The van der Waals surface area contributed by atoms with E-state index < -0.39 is 0 Å². The van der Waals surface area contributed by atoms with Gasteiger partial charge >= 0.3 is 0 Å². The minimum atomic E-state index is -0.0671. The summed E-state index contributed by atoms with van der Waals surface area (Å²) in [6.07, 6.45) is 0.724. The predicted molar refractivity (Wildman–Crippen MR) is 81.6 cm³/mol. The molecule has 1 aliphatic heterocycles. The van der Waals surface area contributed by atoms with Crippen LogP contribution in [0.15, 0.2) is 18.2 Å². The van der Waals surface area contributed by atoms with Crippen molar-refractivity contribution in [2.45, 2.75) is 20.3 Å². The lowest BCUT2D eigenvalue weighted by atomic mass is 10.0. The van der Waals surface area contributed by atoms with Crippen molar-refractivity contribution in [3.05, 3.63) is 40.7 Å². The largest absolute Gasteiger partial charge is 0.454 e. The van der Waals surface area contributed by atoms with Crippen LogP contribution >= 0.6 is 12.4 Å². The van der Waals surface area contributed by atoms with Gasteiger partial charge in [0.25, 0.3) is 0 Å². The first-order chi connectivity index (χ1) is 9.56. The molecule has 0 radical (unpaired) electrons. The number of hydrogen-bond acceptors (Lipinski definition) is 4. The number of halogens is 1. The van der Waals surface area contributed by atoms with Crippen molar-refractivity contribution in [1.29, 1.82) is 5.41 Å². The van der Waals surface area contributed by atoms with E-state index in [-0.39, 0.29) is 25.2 Å². The summed E-state index contributed by atoms with van der Waals surface area (Å²) in [5.74, 6) is 1.49. The Morgan fingerprint density at radius 1 is 1.33 bits per heavy atom. The van der Waals surface area contributed by atoms with E-state index in [1.54, 1.807) is 0 Å². The summed E-state index contributed by atoms with van der Waals surface area (Å²) in [4.78, 5) is 0. The Morgan fingerprint density at radius 2 is 2.05 bits per heavy atom. The standard InChI is InChI=1S/C14H16N4O2.ClH/c1-8-11(9(2)18(17-8)14(15)16)5-10-3-4-12-13(6-10)20-7-19-12;/h3-4,6H,5,7H2,1-2H3,(H3,15,16);1H. The molecule has 112 valence electrons. The molecule has 21 heavy (non-hydrogen) atoms. The number of nitrogens with two attached hydrogens (primary N) is 1. The summed E-state index contributed by atoms with van der Waals surface area (Å²) >= 11 is 0. The number of benzene rings is 1. The van der Waals surface area contributed by atoms with Crippen molar-refractivity contribution in [3.63, 3.8) is 0 Å². The van der Waals surface area contributed by atoms with Gasteiger partial charge in [-0.25, -0.2) is 4.68 Å². The minimum absolute atomic E-state index is 0. The fraction of sp³-hybridized carbons (Fsp3) is 0.286. The highest BCUT2D eigenvalue weighted by Gasteiger charge is 2.16. The lowest BCUT2D eigenvalue weighted by molar-refractivity contribution is 0.174. The van der Waals surface area contributed by atoms with Crippen LogP contribution in [0.5, 0.6) is 11.5 Å². The van der Waals surface area contributed by atoms with Gasteiger partial charge in [0.2, 0.25) is 12.8 Å². The molecular weight excluding hydrogens is 292 g/mol. The first-order valence-corrected chi connectivity index (χ1v) is 6.34. The molecule has 3 rings (SSSR count). The monoisotopic (exact) mass is 308 g/mol. The number of nitrogen functional groups attached to an aromatic ring is 1. The Morgan fingerprint density at radius 3 is 2.71 bits per heavy atom. The van der Waals surface area contributed by atoms with Crippen molar-refractivity contribution in [3.8, 4) is 11.5 Å². The van der Waals surface area contributed by atoms with Crippen LogP contribution in [0, 0.1) is 19.3 Å². The average molecular weight is 309 g/mol. The average Bonchev–Trinajstić information content (AvgIpc) is 2.97. The molecule has 6 nitrogen and oxygen atoms in total. The molecule has 0 aliphatic carbocycles. The van der Waals surface area contributed by atoms with Crippen molar-refractivity contribution < 1.29 is 9.47 Å². The van der Waals surface area contributed by atoms with E-state index >= 15 is 0 Å². The number of aryl methyl sites for hydroxylation is 1. The Balaban J connectivity index is 0.00000161. The zero-order valence-corrected chi connectivity index (χ0v) is 12.7. The molecule has 0 saturated carbocycles. The first kappa shape index (κ1) is 15.2. The molecule has 1 aromatic heterocycles. The van der Waals surface area contributed by atoms with Crippen LogP contribution in [0.4, 0.5) is 0 Å². The van der Waals surface area contributed by atoms with E-state index in [9.17, 15) is 0 Å². The first-order valence-electron chi connectivity index (χ1n) is 6.34. The molecule has 0 unspecified atom stereocenters. The van der Waals surface area contributed by atoms with Crippen LogP contribution in [0.3, 0.4) is 0 Å². The van der Waals surface area contributed by atoms with Crippen LogP contribution in [-0.2, 0) is 6.42 Å². The number of nitrogens with zero attached hydrogens (tertiary/aromatic N) is 2. The zero-order valence-electron chi connectivity index (χ0n) is 11.8. The molecule has 0 amide bonds. The van der Waals surface area contributed by atoms with Crippen LogP contribution in [0.2, 0.25) is 0 Å². The van der Waals surface area contributed by atoms with Gasteiger partial charge in [0, 0.05) is 17.7 Å². The number of rotatable bonds is 2. The van der Waals surface area contributed by atoms with Gasteiger partial charge in [-0.2, -0.15) is 5.10 Å². The number of aromatic nitrogens is 2. The normalized spacial score (nSPS) is 12.1. The van der Waals surface area contributed by atoms with Gasteiger partial charge in [0.15, 0.2) is 11.5 Å². The Bertz CT molecular complexity index is 697. The summed E-state index contributed by atoms with van der Waals surface area (Å²) in [7, 11) is 0. The highest BCUT2D eigenvalue weighted by atomic mass is 35.5. The maximum atomic E-state index is 7.51. The predicted octanol–water partition coefficient (Wildman–Crippen LogP) is 1.98. The molecule has 3 N–H and O–H groups in total. The second-order valence-corrected chi connectivity index (χ2v) is 4.81. The van der Waals surface area contributed by atoms with Crippen LogP contribution in [-0.4, -0.2) is 22.5 Å². The van der Waals surface area contributed by atoms with Crippen molar-refractivity contribution in [1.82, 2.24) is 9.78 Å².